The molecule has 2 saturated heterocycles. The van der Waals surface area contributed by atoms with E-state index in [2.05, 4.69) is 26.8 Å². The van der Waals surface area contributed by atoms with E-state index in [4.69, 9.17) is 14.5 Å². The summed E-state index contributed by atoms with van der Waals surface area (Å²) in [6.07, 6.45) is 1.77. The van der Waals surface area contributed by atoms with Gasteiger partial charge in [0.1, 0.15) is 11.5 Å². The van der Waals surface area contributed by atoms with E-state index in [-0.39, 0.29) is 5.92 Å². The first-order valence-corrected chi connectivity index (χ1v) is 12.3. The molecule has 0 spiro atoms. The fraction of sp³-hybridized carbons (Fsp3) is 0.440. The highest BCUT2D eigenvalue weighted by molar-refractivity contribution is 7.22. The minimum absolute atomic E-state index is 0.114. The van der Waals surface area contributed by atoms with Crippen molar-refractivity contribution in [3.8, 4) is 11.5 Å². The fourth-order valence-corrected chi connectivity index (χ4v) is 5.75. The summed E-state index contributed by atoms with van der Waals surface area (Å²) in [5.41, 5.74) is 2.19. The number of anilines is 2. The molecule has 0 unspecified atom stereocenters. The van der Waals surface area contributed by atoms with Crippen LogP contribution in [0.5, 0.6) is 11.5 Å². The van der Waals surface area contributed by atoms with Crippen molar-refractivity contribution in [1.29, 1.82) is 0 Å². The lowest BCUT2D eigenvalue weighted by Gasteiger charge is -2.39. The fourth-order valence-electron chi connectivity index (χ4n) is 4.71. The third-order valence-electron chi connectivity index (χ3n) is 6.73. The summed E-state index contributed by atoms with van der Waals surface area (Å²) >= 11 is 1.70. The lowest BCUT2D eigenvalue weighted by atomic mass is 9.95. The maximum absolute atomic E-state index is 13.2. The van der Waals surface area contributed by atoms with Gasteiger partial charge < -0.3 is 24.2 Å². The van der Waals surface area contributed by atoms with Gasteiger partial charge in [0.2, 0.25) is 5.91 Å². The molecule has 8 heteroatoms. The number of rotatable bonds is 5. The van der Waals surface area contributed by atoms with Crippen LogP contribution >= 0.6 is 11.3 Å². The molecule has 3 heterocycles. The summed E-state index contributed by atoms with van der Waals surface area (Å²) in [6.45, 7) is 5.05. The molecule has 0 aliphatic carbocycles. The third kappa shape index (κ3) is 4.57. The van der Waals surface area contributed by atoms with Gasteiger partial charge in [0.25, 0.3) is 0 Å². The quantitative estimate of drug-likeness (QED) is 0.569. The first-order chi connectivity index (χ1) is 16.1. The molecule has 0 atom stereocenters. The number of piperidine rings is 1. The largest absolute Gasteiger partial charge is 0.497 e. The number of fused-ring (bicyclic) bond motifs is 1. The molecule has 33 heavy (non-hydrogen) atoms. The molecule has 0 N–H and O–H groups in total. The summed E-state index contributed by atoms with van der Waals surface area (Å²) in [7, 11) is 3.37. The Labute approximate surface area is 198 Å². The predicted octanol–water partition coefficient (Wildman–Crippen LogP) is 3.88. The minimum Gasteiger partial charge on any atom is -0.497 e. The number of aromatic nitrogens is 1. The van der Waals surface area contributed by atoms with Crippen LogP contribution in [0.3, 0.4) is 0 Å². The Bertz CT molecular complexity index is 1100. The molecule has 2 aliphatic heterocycles. The Kier molecular flexibility index (Phi) is 6.26. The Morgan fingerprint density at radius 1 is 0.879 bits per heavy atom. The molecule has 2 aromatic carbocycles. The van der Waals surface area contributed by atoms with Crippen molar-refractivity contribution >= 4 is 38.3 Å². The second-order valence-corrected chi connectivity index (χ2v) is 9.61. The van der Waals surface area contributed by atoms with Crippen molar-refractivity contribution in [3.63, 3.8) is 0 Å². The van der Waals surface area contributed by atoms with E-state index in [0.29, 0.717) is 5.91 Å². The molecule has 1 aromatic heterocycles. The zero-order valence-corrected chi connectivity index (χ0v) is 20.0. The first-order valence-electron chi connectivity index (χ1n) is 11.5. The van der Waals surface area contributed by atoms with Gasteiger partial charge in [-0.05, 0) is 55.3 Å². The van der Waals surface area contributed by atoms with Crippen molar-refractivity contribution < 1.29 is 14.3 Å². The van der Waals surface area contributed by atoms with Crippen molar-refractivity contribution in [2.24, 2.45) is 5.92 Å². The van der Waals surface area contributed by atoms with E-state index < -0.39 is 0 Å². The Morgan fingerprint density at radius 2 is 1.55 bits per heavy atom. The molecule has 2 aliphatic rings. The SMILES string of the molecule is COc1ccc(N2CCN(C(=O)C3CCN(c4nc5ccc(OC)cc5s4)CC3)CC2)cc1. The molecule has 5 rings (SSSR count). The molecule has 0 radical (unpaired) electrons. The van der Waals surface area contributed by atoms with Gasteiger partial charge in [-0.2, -0.15) is 0 Å². The number of methoxy groups -OCH3 is 2. The number of hydrogen-bond acceptors (Lipinski definition) is 7. The normalized spacial score (nSPS) is 17.5. The van der Waals surface area contributed by atoms with Crippen molar-refractivity contribution in [2.75, 3.05) is 63.3 Å². The molecule has 2 fully saturated rings. The Morgan fingerprint density at radius 3 is 2.21 bits per heavy atom. The third-order valence-corrected chi connectivity index (χ3v) is 7.81. The standard InChI is InChI=1S/C25H30N4O3S/c1-31-20-5-3-19(4-6-20)27-13-15-28(16-14-27)24(30)18-9-11-29(12-10-18)25-26-22-8-7-21(32-2)17-23(22)33-25/h3-8,17-18H,9-16H2,1-2H3. The van der Waals surface area contributed by atoms with Crippen LogP contribution in [-0.2, 0) is 4.79 Å². The van der Waals surface area contributed by atoms with Crippen LogP contribution in [0.1, 0.15) is 12.8 Å². The maximum atomic E-state index is 13.2. The van der Waals surface area contributed by atoms with Gasteiger partial charge in [0, 0.05) is 50.9 Å². The summed E-state index contributed by atoms with van der Waals surface area (Å²) < 4.78 is 11.7. The van der Waals surface area contributed by atoms with Gasteiger partial charge in [-0.3, -0.25) is 4.79 Å². The number of carbonyl (C=O) groups is 1. The average molecular weight is 467 g/mol. The van der Waals surface area contributed by atoms with Crippen LogP contribution < -0.4 is 19.3 Å². The van der Waals surface area contributed by atoms with Gasteiger partial charge in [-0.1, -0.05) is 11.3 Å². The van der Waals surface area contributed by atoms with Crippen LogP contribution in [0.15, 0.2) is 42.5 Å². The second-order valence-electron chi connectivity index (χ2n) is 8.60. The Hall–Kier alpha value is -3.00. The zero-order chi connectivity index (χ0) is 22.8. The number of thiazole rings is 1. The summed E-state index contributed by atoms with van der Waals surface area (Å²) in [6, 6.07) is 14.2. The average Bonchev–Trinajstić information content (AvgIpc) is 3.32. The van der Waals surface area contributed by atoms with Gasteiger partial charge in [0.05, 0.1) is 24.4 Å². The number of hydrogen-bond donors (Lipinski definition) is 0. The Balaban J connectivity index is 1.14. The van der Waals surface area contributed by atoms with Gasteiger partial charge in [-0.15, -0.1) is 0 Å². The lowest BCUT2D eigenvalue weighted by Crippen LogP contribution is -2.51. The number of ether oxygens (including phenoxy) is 2. The van der Waals surface area contributed by atoms with Crippen LogP contribution in [0.25, 0.3) is 10.2 Å². The van der Waals surface area contributed by atoms with Gasteiger partial charge in [0.15, 0.2) is 5.13 Å². The lowest BCUT2D eigenvalue weighted by molar-refractivity contribution is -0.136. The van der Waals surface area contributed by atoms with E-state index >= 15 is 0 Å². The highest BCUT2D eigenvalue weighted by Crippen LogP contribution is 2.34. The molecular formula is C25H30N4O3S. The van der Waals surface area contributed by atoms with E-state index in [1.54, 1.807) is 25.6 Å². The number of amides is 1. The van der Waals surface area contributed by atoms with Crippen molar-refractivity contribution in [2.45, 2.75) is 12.8 Å². The van der Waals surface area contributed by atoms with Crippen LogP contribution in [0.4, 0.5) is 10.8 Å². The monoisotopic (exact) mass is 466 g/mol. The van der Waals surface area contributed by atoms with Crippen molar-refractivity contribution in [3.05, 3.63) is 42.5 Å². The molecular weight excluding hydrogens is 436 g/mol. The van der Waals surface area contributed by atoms with E-state index in [1.165, 1.54) is 5.69 Å². The van der Waals surface area contributed by atoms with Crippen LogP contribution in [0, 0.1) is 5.92 Å². The van der Waals surface area contributed by atoms with E-state index in [1.807, 2.05) is 30.3 Å². The van der Waals surface area contributed by atoms with Crippen molar-refractivity contribution in [1.82, 2.24) is 9.88 Å². The second kappa shape index (κ2) is 9.47. The summed E-state index contributed by atoms with van der Waals surface area (Å²) in [4.78, 5) is 24.7. The molecule has 0 saturated carbocycles. The highest BCUT2D eigenvalue weighted by atomic mass is 32.1. The molecule has 174 valence electrons. The van der Waals surface area contributed by atoms with Crippen LogP contribution in [-0.4, -0.2) is 69.3 Å². The number of piperazine rings is 1. The molecule has 7 nitrogen and oxygen atoms in total. The van der Waals surface area contributed by atoms with E-state index in [9.17, 15) is 4.79 Å². The minimum atomic E-state index is 0.114. The zero-order valence-electron chi connectivity index (χ0n) is 19.2. The molecule has 1 amide bonds. The number of carbonyl (C=O) groups excluding carboxylic acids is 1. The highest BCUT2D eigenvalue weighted by Gasteiger charge is 2.31. The topological polar surface area (TPSA) is 58.1 Å². The number of nitrogens with zero attached hydrogens (tertiary/aromatic N) is 4. The summed E-state index contributed by atoms with van der Waals surface area (Å²) in [5, 5.41) is 1.04. The summed E-state index contributed by atoms with van der Waals surface area (Å²) in [5.74, 6) is 2.15. The van der Waals surface area contributed by atoms with Gasteiger partial charge >= 0.3 is 0 Å². The molecule has 0 bridgehead atoms. The molecule has 3 aromatic rings. The number of benzene rings is 2. The smallest absolute Gasteiger partial charge is 0.225 e. The maximum Gasteiger partial charge on any atom is 0.225 e. The van der Waals surface area contributed by atoms with Gasteiger partial charge in [-0.25, -0.2) is 4.98 Å². The predicted molar refractivity (Wildman–Crippen MR) is 133 cm³/mol. The van der Waals surface area contributed by atoms with Crippen LogP contribution in [0.2, 0.25) is 0 Å². The first kappa shape index (κ1) is 21.8. The van der Waals surface area contributed by atoms with E-state index in [0.717, 1.165) is 79.0 Å².